The molecule has 2 aromatic rings. The minimum absolute atomic E-state index is 0.0611. The molecule has 7 heteroatoms. The van der Waals surface area contributed by atoms with Gasteiger partial charge in [-0.25, -0.2) is 0 Å². The summed E-state index contributed by atoms with van der Waals surface area (Å²) in [7, 11) is 3.07. The minimum Gasteiger partial charge on any atom is -0.493 e. The Balaban J connectivity index is 2.50. The summed E-state index contributed by atoms with van der Waals surface area (Å²) < 4.78 is 10.4. The highest BCUT2D eigenvalue weighted by Gasteiger charge is 2.14. The van der Waals surface area contributed by atoms with Crippen molar-refractivity contribution < 1.29 is 9.47 Å². The number of methoxy groups -OCH3 is 2. The second-order valence-electron chi connectivity index (χ2n) is 4.25. The maximum atomic E-state index is 9.33. The molecule has 0 amide bonds. The van der Waals surface area contributed by atoms with Crippen LogP contribution in [0.4, 0.5) is 5.82 Å². The number of nitrogens with two attached hydrogens (primary N) is 1. The van der Waals surface area contributed by atoms with E-state index in [0.717, 1.165) is 0 Å². The van der Waals surface area contributed by atoms with Gasteiger partial charge in [0.25, 0.3) is 0 Å². The Morgan fingerprint density at radius 1 is 1.27 bits per heavy atom. The van der Waals surface area contributed by atoms with E-state index in [1.54, 1.807) is 31.4 Å². The fourth-order valence-corrected chi connectivity index (χ4v) is 1.93. The van der Waals surface area contributed by atoms with E-state index in [0.29, 0.717) is 17.1 Å². The summed E-state index contributed by atoms with van der Waals surface area (Å²) in [5, 5.41) is 24.8. The highest BCUT2D eigenvalue weighted by Crippen LogP contribution is 2.30. The maximum Gasteiger partial charge on any atom is 0.163 e. The number of nitrogens with zero attached hydrogens (tertiary/aromatic N) is 3. The molecule has 1 aromatic heterocycles. The van der Waals surface area contributed by atoms with E-state index >= 15 is 0 Å². The highest BCUT2D eigenvalue weighted by atomic mass is 16.5. The first-order valence-electron chi connectivity index (χ1n) is 6.22. The van der Waals surface area contributed by atoms with Crippen LogP contribution in [0.25, 0.3) is 11.6 Å². The Morgan fingerprint density at radius 3 is 2.59 bits per heavy atom. The lowest BCUT2D eigenvalue weighted by Gasteiger charge is -2.08. The van der Waals surface area contributed by atoms with Crippen LogP contribution in [-0.2, 0) is 0 Å². The predicted molar refractivity (Wildman–Crippen MR) is 80.7 cm³/mol. The van der Waals surface area contributed by atoms with Crippen LogP contribution < -0.4 is 15.2 Å². The SMILES string of the molecule is COc1ccc(C=C(C#N)c2[nH]nc(N)c2C#N)cc1OC. The molecule has 1 aromatic carbocycles. The van der Waals surface area contributed by atoms with Crippen LogP contribution >= 0.6 is 0 Å². The maximum absolute atomic E-state index is 9.33. The quantitative estimate of drug-likeness (QED) is 0.831. The number of ether oxygens (including phenoxy) is 2. The molecule has 2 rings (SSSR count). The van der Waals surface area contributed by atoms with Gasteiger partial charge in [0.1, 0.15) is 17.7 Å². The van der Waals surface area contributed by atoms with Gasteiger partial charge in [0.15, 0.2) is 17.3 Å². The standard InChI is InChI=1S/C15H13N5O2/c1-21-12-4-3-9(6-13(12)22-2)5-10(7-16)14-11(8-17)15(18)20-19-14/h3-6H,1-2H3,(H3,18,19,20). The average Bonchev–Trinajstić information content (AvgIpc) is 2.92. The zero-order chi connectivity index (χ0) is 16.1. The molecule has 1 heterocycles. The first-order valence-corrected chi connectivity index (χ1v) is 6.22. The first-order chi connectivity index (χ1) is 10.6. The van der Waals surface area contributed by atoms with Gasteiger partial charge >= 0.3 is 0 Å². The molecule has 110 valence electrons. The van der Waals surface area contributed by atoms with Crippen LogP contribution in [0.1, 0.15) is 16.8 Å². The number of aromatic amines is 1. The minimum atomic E-state index is 0.0611. The van der Waals surface area contributed by atoms with Crippen LogP contribution in [0.5, 0.6) is 11.5 Å². The third-order valence-corrected chi connectivity index (χ3v) is 3.01. The highest BCUT2D eigenvalue weighted by molar-refractivity contribution is 5.91. The van der Waals surface area contributed by atoms with Gasteiger partial charge in [-0.3, -0.25) is 5.10 Å². The summed E-state index contributed by atoms with van der Waals surface area (Å²) in [4.78, 5) is 0. The molecule has 0 aliphatic rings. The second kappa shape index (κ2) is 6.33. The number of nitrogen functional groups attached to an aromatic ring is 1. The Morgan fingerprint density at radius 2 is 2.00 bits per heavy atom. The normalized spacial score (nSPS) is 10.6. The molecule has 0 saturated carbocycles. The first kappa shape index (κ1) is 14.9. The van der Waals surface area contributed by atoms with E-state index in [2.05, 4.69) is 10.2 Å². The van der Waals surface area contributed by atoms with Crippen molar-refractivity contribution in [2.24, 2.45) is 0 Å². The number of hydrogen-bond acceptors (Lipinski definition) is 6. The second-order valence-corrected chi connectivity index (χ2v) is 4.25. The largest absolute Gasteiger partial charge is 0.493 e. The number of aromatic nitrogens is 2. The van der Waals surface area contributed by atoms with E-state index < -0.39 is 0 Å². The lowest BCUT2D eigenvalue weighted by molar-refractivity contribution is 0.355. The zero-order valence-corrected chi connectivity index (χ0v) is 12.0. The Hall–Kier alpha value is -3.45. The molecule has 0 unspecified atom stereocenters. The number of H-pyrrole nitrogens is 1. The summed E-state index contributed by atoms with van der Waals surface area (Å²) >= 11 is 0. The molecule has 22 heavy (non-hydrogen) atoms. The van der Waals surface area contributed by atoms with Gasteiger partial charge < -0.3 is 15.2 Å². The van der Waals surface area contributed by atoms with Crippen molar-refractivity contribution >= 4 is 17.5 Å². The van der Waals surface area contributed by atoms with Crippen LogP contribution in [0.3, 0.4) is 0 Å². The number of nitriles is 2. The molecule has 7 nitrogen and oxygen atoms in total. The molecule has 0 atom stereocenters. The van der Waals surface area contributed by atoms with E-state index in [1.165, 1.54) is 7.11 Å². The van der Waals surface area contributed by atoms with Gasteiger partial charge in [-0.1, -0.05) is 6.07 Å². The van der Waals surface area contributed by atoms with Crippen molar-refractivity contribution in [2.45, 2.75) is 0 Å². The third-order valence-electron chi connectivity index (χ3n) is 3.01. The lowest BCUT2D eigenvalue weighted by atomic mass is 10.1. The van der Waals surface area contributed by atoms with Crippen molar-refractivity contribution in [2.75, 3.05) is 20.0 Å². The summed E-state index contributed by atoms with van der Waals surface area (Å²) in [6.07, 6.45) is 1.61. The van der Waals surface area contributed by atoms with Gasteiger partial charge in [-0.15, -0.1) is 0 Å². The van der Waals surface area contributed by atoms with Gasteiger partial charge in [0.2, 0.25) is 0 Å². The smallest absolute Gasteiger partial charge is 0.163 e. The van der Waals surface area contributed by atoms with Crippen molar-refractivity contribution in [3.63, 3.8) is 0 Å². The molecule has 3 N–H and O–H groups in total. The molecule has 0 spiro atoms. The number of hydrogen-bond donors (Lipinski definition) is 2. The number of allylic oxidation sites excluding steroid dienone is 1. The zero-order valence-electron chi connectivity index (χ0n) is 12.0. The molecule has 0 fully saturated rings. The Kier molecular flexibility index (Phi) is 4.30. The summed E-state index contributed by atoms with van der Waals surface area (Å²) in [6, 6.07) is 9.18. The predicted octanol–water partition coefficient (Wildman–Crippen LogP) is 1.94. The number of benzene rings is 1. The van der Waals surface area contributed by atoms with Crippen molar-refractivity contribution in [1.82, 2.24) is 10.2 Å². The molecule has 0 saturated heterocycles. The van der Waals surface area contributed by atoms with Crippen LogP contribution in [0, 0.1) is 22.7 Å². The lowest BCUT2D eigenvalue weighted by Crippen LogP contribution is -1.92. The Labute approximate surface area is 127 Å². The average molecular weight is 295 g/mol. The summed E-state index contributed by atoms with van der Waals surface area (Å²) in [5.41, 5.74) is 6.98. The van der Waals surface area contributed by atoms with Crippen molar-refractivity contribution in [3.8, 4) is 23.6 Å². The summed E-state index contributed by atoms with van der Waals surface area (Å²) in [6.45, 7) is 0. The third kappa shape index (κ3) is 2.69. The monoisotopic (exact) mass is 295 g/mol. The fraction of sp³-hybridized carbons (Fsp3) is 0.133. The van der Waals surface area contributed by atoms with E-state index in [-0.39, 0.29) is 22.6 Å². The topological polar surface area (TPSA) is 121 Å². The molecular weight excluding hydrogens is 282 g/mol. The molecule has 0 aliphatic heterocycles. The van der Waals surface area contributed by atoms with Gasteiger partial charge in [0.05, 0.1) is 25.5 Å². The fourth-order valence-electron chi connectivity index (χ4n) is 1.93. The number of nitrogens with one attached hydrogen (secondary N) is 1. The van der Waals surface area contributed by atoms with Crippen LogP contribution in [-0.4, -0.2) is 24.4 Å². The van der Waals surface area contributed by atoms with Crippen molar-refractivity contribution in [1.29, 1.82) is 10.5 Å². The van der Waals surface area contributed by atoms with E-state index in [9.17, 15) is 5.26 Å². The number of rotatable bonds is 4. The van der Waals surface area contributed by atoms with Crippen LogP contribution in [0.2, 0.25) is 0 Å². The van der Waals surface area contributed by atoms with Gasteiger partial charge in [-0.2, -0.15) is 15.6 Å². The molecule has 0 bridgehead atoms. The molecule has 0 radical (unpaired) electrons. The summed E-state index contributed by atoms with van der Waals surface area (Å²) in [5.74, 6) is 1.19. The Bertz CT molecular complexity index is 808. The van der Waals surface area contributed by atoms with E-state index in [4.69, 9.17) is 20.5 Å². The van der Waals surface area contributed by atoms with Crippen LogP contribution in [0.15, 0.2) is 18.2 Å². The number of anilines is 1. The van der Waals surface area contributed by atoms with Crippen molar-refractivity contribution in [3.05, 3.63) is 35.0 Å². The molecule has 0 aliphatic carbocycles. The molecular formula is C15H13N5O2. The van der Waals surface area contributed by atoms with Gasteiger partial charge in [0, 0.05) is 0 Å². The van der Waals surface area contributed by atoms with E-state index in [1.807, 2.05) is 12.1 Å². The van der Waals surface area contributed by atoms with Gasteiger partial charge in [-0.05, 0) is 23.8 Å².